The van der Waals surface area contributed by atoms with E-state index in [4.69, 9.17) is 17.0 Å². The van der Waals surface area contributed by atoms with Crippen LogP contribution in [0, 0.1) is 0 Å². The molecule has 0 spiro atoms. The van der Waals surface area contributed by atoms with Gasteiger partial charge in [0.2, 0.25) is 4.38 Å². The van der Waals surface area contributed by atoms with Crippen LogP contribution in [-0.2, 0) is 9.48 Å². The molecule has 0 amide bonds. The first-order valence-electron chi connectivity index (χ1n) is 9.04. The largest absolute Gasteiger partial charge is 0.479 e. The Balaban J connectivity index is 1.88. The van der Waals surface area contributed by atoms with E-state index >= 15 is 0 Å². The van der Waals surface area contributed by atoms with Gasteiger partial charge < -0.3 is 4.74 Å². The first-order chi connectivity index (χ1) is 13.3. The van der Waals surface area contributed by atoms with Gasteiger partial charge in [0, 0.05) is 0 Å². The van der Waals surface area contributed by atoms with Gasteiger partial charge in [0.15, 0.2) is 0 Å². The summed E-state index contributed by atoms with van der Waals surface area (Å²) >= 11 is 7.19. The van der Waals surface area contributed by atoms with Crippen LogP contribution in [0.5, 0.6) is 0 Å². The van der Waals surface area contributed by atoms with E-state index in [1.807, 2.05) is 6.92 Å². The molecule has 1 aliphatic rings. The van der Waals surface area contributed by atoms with E-state index in [9.17, 15) is 0 Å². The summed E-state index contributed by atoms with van der Waals surface area (Å²) in [7, 11) is 0. The number of rotatable bonds is 5. The minimum absolute atomic E-state index is 0.309. The lowest BCUT2D eigenvalue weighted by molar-refractivity contribution is 0.346. The Morgan fingerprint density at radius 1 is 0.778 bits per heavy atom. The zero-order valence-corrected chi connectivity index (χ0v) is 16.7. The molecular weight excluding hydrogens is 368 g/mol. The van der Waals surface area contributed by atoms with Crippen LogP contribution in [0.25, 0.3) is 11.1 Å². The van der Waals surface area contributed by atoms with E-state index in [0.717, 1.165) is 0 Å². The Morgan fingerprint density at radius 2 is 1.22 bits per heavy atom. The molecule has 4 rings (SSSR count). The standard InChI is InChI=1S/C24H20OS2/c1-2-25-23(26)27-24(20-16-10-5-11-17-20)21(18-12-6-3-7-13-18)22(24)19-14-8-4-9-15-19/h3-17H,2H2,1H3. The summed E-state index contributed by atoms with van der Waals surface area (Å²) in [5.41, 5.74) is 6.31. The van der Waals surface area contributed by atoms with Crippen molar-refractivity contribution in [2.24, 2.45) is 0 Å². The van der Waals surface area contributed by atoms with Crippen LogP contribution in [0.3, 0.4) is 0 Å². The molecule has 0 saturated carbocycles. The van der Waals surface area contributed by atoms with E-state index in [1.54, 1.807) is 11.8 Å². The average Bonchev–Trinajstić information content (AvgIpc) is 3.39. The molecule has 0 radical (unpaired) electrons. The fraction of sp³-hybridized carbons (Fsp3) is 0.125. The van der Waals surface area contributed by atoms with Crippen molar-refractivity contribution < 1.29 is 4.74 Å². The molecule has 134 valence electrons. The Bertz CT molecular complexity index is 914. The van der Waals surface area contributed by atoms with E-state index in [-0.39, 0.29) is 4.75 Å². The normalized spacial score (nSPS) is 14.7. The first-order valence-corrected chi connectivity index (χ1v) is 10.3. The van der Waals surface area contributed by atoms with Crippen molar-refractivity contribution in [2.45, 2.75) is 11.7 Å². The van der Waals surface area contributed by atoms with Crippen LogP contribution in [-0.4, -0.2) is 11.0 Å². The molecule has 3 aromatic carbocycles. The SMILES string of the molecule is CCOC(=S)SC1(c2ccccc2)C(c2ccccc2)=C1c1ccccc1. The molecule has 1 nitrogen and oxygen atoms in total. The molecule has 0 saturated heterocycles. The maximum atomic E-state index is 5.68. The van der Waals surface area contributed by atoms with Gasteiger partial charge in [-0.25, -0.2) is 0 Å². The molecule has 0 fully saturated rings. The molecule has 1 aliphatic carbocycles. The predicted octanol–water partition coefficient (Wildman–Crippen LogP) is 6.56. The predicted molar refractivity (Wildman–Crippen MR) is 120 cm³/mol. The van der Waals surface area contributed by atoms with Gasteiger partial charge >= 0.3 is 0 Å². The Hall–Kier alpha value is -2.36. The summed E-state index contributed by atoms with van der Waals surface area (Å²) in [5.74, 6) is 0. The monoisotopic (exact) mass is 388 g/mol. The van der Waals surface area contributed by atoms with Gasteiger partial charge in [0.25, 0.3) is 0 Å². The minimum Gasteiger partial charge on any atom is -0.479 e. The van der Waals surface area contributed by atoms with Crippen molar-refractivity contribution in [3.8, 4) is 0 Å². The topological polar surface area (TPSA) is 9.23 Å². The number of hydrogen-bond acceptors (Lipinski definition) is 3. The van der Waals surface area contributed by atoms with Gasteiger partial charge in [-0.15, -0.1) is 0 Å². The van der Waals surface area contributed by atoms with E-state index < -0.39 is 0 Å². The molecule has 3 aromatic rings. The zero-order valence-electron chi connectivity index (χ0n) is 15.1. The van der Waals surface area contributed by atoms with Crippen molar-refractivity contribution in [3.63, 3.8) is 0 Å². The second kappa shape index (κ2) is 7.71. The summed E-state index contributed by atoms with van der Waals surface area (Å²) < 4.78 is 5.95. The third-order valence-electron chi connectivity index (χ3n) is 4.70. The molecule has 0 unspecified atom stereocenters. The minimum atomic E-state index is -0.309. The lowest BCUT2D eigenvalue weighted by atomic mass is 10.00. The third-order valence-corrected chi connectivity index (χ3v) is 6.30. The molecule has 0 aromatic heterocycles. The van der Waals surface area contributed by atoms with Gasteiger partial charge in [-0.1, -0.05) is 103 Å². The Morgan fingerprint density at radius 3 is 1.67 bits per heavy atom. The highest BCUT2D eigenvalue weighted by molar-refractivity contribution is 8.24. The quantitative estimate of drug-likeness (QED) is 0.458. The molecule has 0 bridgehead atoms. The van der Waals surface area contributed by atoms with E-state index in [2.05, 4.69) is 91.0 Å². The van der Waals surface area contributed by atoms with Crippen molar-refractivity contribution in [1.82, 2.24) is 0 Å². The van der Waals surface area contributed by atoms with Crippen molar-refractivity contribution in [1.29, 1.82) is 0 Å². The van der Waals surface area contributed by atoms with Gasteiger partial charge in [-0.3, -0.25) is 0 Å². The van der Waals surface area contributed by atoms with Crippen LogP contribution >= 0.6 is 24.0 Å². The maximum absolute atomic E-state index is 5.68. The number of benzene rings is 3. The molecule has 0 aliphatic heterocycles. The summed E-state index contributed by atoms with van der Waals surface area (Å²) in [5, 5.41) is 0. The fourth-order valence-corrected chi connectivity index (χ4v) is 5.33. The number of ether oxygens (including phenoxy) is 1. The number of thioether (sulfide) groups is 1. The molecule has 0 N–H and O–H groups in total. The molecule has 3 heteroatoms. The summed E-state index contributed by atoms with van der Waals surface area (Å²) in [6, 6.07) is 31.7. The van der Waals surface area contributed by atoms with Crippen LogP contribution in [0.4, 0.5) is 0 Å². The highest BCUT2D eigenvalue weighted by atomic mass is 32.2. The van der Waals surface area contributed by atoms with Gasteiger partial charge in [0.05, 0.1) is 6.61 Å². The molecule has 27 heavy (non-hydrogen) atoms. The first kappa shape index (κ1) is 18.0. The third kappa shape index (κ3) is 3.33. The van der Waals surface area contributed by atoms with Crippen molar-refractivity contribution >= 4 is 39.5 Å². The van der Waals surface area contributed by atoms with Crippen LogP contribution in [0.1, 0.15) is 23.6 Å². The fourth-order valence-electron chi connectivity index (χ4n) is 3.56. The van der Waals surface area contributed by atoms with Gasteiger partial charge in [-0.2, -0.15) is 0 Å². The van der Waals surface area contributed by atoms with Crippen molar-refractivity contribution in [2.75, 3.05) is 6.61 Å². The van der Waals surface area contributed by atoms with Crippen molar-refractivity contribution in [3.05, 3.63) is 108 Å². The zero-order chi connectivity index (χ0) is 18.7. The highest BCUT2D eigenvalue weighted by Crippen LogP contribution is 2.70. The summed E-state index contributed by atoms with van der Waals surface area (Å²) in [6.07, 6.45) is 0. The lowest BCUT2D eigenvalue weighted by Gasteiger charge is -2.21. The number of hydrogen-bond donors (Lipinski definition) is 0. The average molecular weight is 389 g/mol. The van der Waals surface area contributed by atoms with E-state index in [0.29, 0.717) is 11.0 Å². The lowest BCUT2D eigenvalue weighted by Crippen LogP contribution is -2.13. The van der Waals surface area contributed by atoms with E-state index in [1.165, 1.54) is 27.8 Å². The van der Waals surface area contributed by atoms with Crippen LogP contribution < -0.4 is 0 Å². The summed E-state index contributed by atoms with van der Waals surface area (Å²) in [6.45, 7) is 2.55. The molecule has 0 atom stereocenters. The Kier molecular flexibility index (Phi) is 5.15. The van der Waals surface area contributed by atoms with Crippen LogP contribution in [0.2, 0.25) is 0 Å². The smallest absolute Gasteiger partial charge is 0.221 e. The second-order valence-electron chi connectivity index (χ2n) is 6.31. The van der Waals surface area contributed by atoms with Gasteiger partial charge in [0.1, 0.15) is 4.75 Å². The highest BCUT2D eigenvalue weighted by Gasteiger charge is 2.57. The van der Waals surface area contributed by atoms with Crippen LogP contribution in [0.15, 0.2) is 91.0 Å². The second-order valence-corrected chi connectivity index (χ2v) is 8.13. The summed E-state index contributed by atoms with van der Waals surface area (Å²) in [4.78, 5) is 0. The molecular formula is C24H20OS2. The van der Waals surface area contributed by atoms with Gasteiger partial charge in [-0.05, 0) is 47.0 Å². The number of thiocarbonyl (C=S) groups is 1. The Labute approximate surface area is 170 Å². The maximum Gasteiger partial charge on any atom is 0.221 e. The molecule has 0 heterocycles.